The Morgan fingerprint density at radius 3 is 2.47 bits per heavy atom. The van der Waals surface area contributed by atoms with Crippen LogP contribution in [0.2, 0.25) is 0 Å². The highest BCUT2D eigenvalue weighted by atomic mass is 16.3. The van der Waals surface area contributed by atoms with Crippen molar-refractivity contribution >= 4 is 5.91 Å². The smallest absolute Gasteiger partial charge is 0.273 e. The highest BCUT2D eigenvalue weighted by Gasteiger charge is 2.20. The normalized spacial score (nSPS) is 15.4. The van der Waals surface area contributed by atoms with Crippen LogP contribution in [0.15, 0.2) is 47.2 Å². The third-order valence-electron chi connectivity index (χ3n) is 5.41. The number of rotatable bonds is 7. The van der Waals surface area contributed by atoms with Crippen LogP contribution in [0, 0.1) is 6.92 Å². The summed E-state index contributed by atoms with van der Waals surface area (Å²) < 4.78 is 7.29. The molecule has 30 heavy (non-hydrogen) atoms. The SMILES string of the molecule is Cc1nn(C)cc1CNC(=O)c1coc(CN2CCN(Cc3ccccc3)CC2)n1. The van der Waals surface area contributed by atoms with E-state index in [1.165, 1.54) is 11.8 Å². The molecule has 158 valence electrons. The second-order valence-corrected chi connectivity index (χ2v) is 7.76. The fourth-order valence-electron chi connectivity index (χ4n) is 3.71. The van der Waals surface area contributed by atoms with Gasteiger partial charge >= 0.3 is 0 Å². The first-order chi connectivity index (χ1) is 14.6. The molecule has 1 amide bonds. The Morgan fingerprint density at radius 1 is 1.10 bits per heavy atom. The predicted molar refractivity (Wildman–Crippen MR) is 113 cm³/mol. The number of oxazole rings is 1. The molecule has 1 fully saturated rings. The zero-order chi connectivity index (χ0) is 20.9. The fourth-order valence-corrected chi connectivity index (χ4v) is 3.71. The minimum Gasteiger partial charge on any atom is -0.447 e. The van der Waals surface area contributed by atoms with Gasteiger partial charge in [0.05, 0.1) is 12.2 Å². The van der Waals surface area contributed by atoms with E-state index in [1.807, 2.05) is 26.2 Å². The first kappa shape index (κ1) is 20.3. The molecular formula is C22H28N6O2. The molecule has 0 atom stereocenters. The largest absolute Gasteiger partial charge is 0.447 e. The molecule has 1 aliphatic heterocycles. The van der Waals surface area contributed by atoms with Crippen LogP contribution >= 0.6 is 0 Å². The van der Waals surface area contributed by atoms with E-state index >= 15 is 0 Å². The second-order valence-electron chi connectivity index (χ2n) is 7.76. The molecule has 4 rings (SSSR count). The third kappa shape index (κ3) is 5.14. The highest BCUT2D eigenvalue weighted by molar-refractivity contribution is 5.91. The van der Waals surface area contributed by atoms with Crippen molar-refractivity contribution in [2.24, 2.45) is 7.05 Å². The Kier molecular flexibility index (Phi) is 6.25. The lowest BCUT2D eigenvalue weighted by molar-refractivity contribution is 0.0945. The Balaban J connectivity index is 1.23. The molecule has 0 bridgehead atoms. The molecule has 8 nitrogen and oxygen atoms in total. The summed E-state index contributed by atoms with van der Waals surface area (Å²) in [6.07, 6.45) is 3.34. The number of nitrogens with zero attached hydrogens (tertiary/aromatic N) is 5. The molecule has 1 N–H and O–H groups in total. The first-order valence-electron chi connectivity index (χ1n) is 10.3. The summed E-state index contributed by atoms with van der Waals surface area (Å²) in [4.78, 5) is 21.5. The molecule has 0 unspecified atom stereocenters. The topological polar surface area (TPSA) is 79.4 Å². The maximum Gasteiger partial charge on any atom is 0.273 e. The summed E-state index contributed by atoms with van der Waals surface area (Å²) in [6.45, 7) is 7.87. The van der Waals surface area contributed by atoms with Crippen LogP contribution in [0.4, 0.5) is 0 Å². The number of aryl methyl sites for hydroxylation is 2. The minimum atomic E-state index is -0.235. The van der Waals surface area contributed by atoms with Crippen LogP contribution in [0.5, 0.6) is 0 Å². The number of hydrogen-bond acceptors (Lipinski definition) is 6. The molecule has 1 saturated heterocycles. The predicted octanol–water partition coefficient (Wildman–Crippen LogP) is 1.96. The van der Waals surface area contributed by atoms with Crippen LogP contribution in [-0.4, -0.2) is 56.7 Å². The van der Waals surface area contributed by atoms with Gasteiger partial charge in [-0.1, -0.05) is 30.3 Å². The summed E-state index contributed by atoms with van der Waals surface area (Å²) in [5.41, 5.74) is 3.55. The third-order valence-corrected chi connectivity index (χ3v) is 5.41. The van der Waals surface area contributed by atoms with E-state index in [0.29, 0.717) is 24.7 Å². The molecule has 0 aliphatic carbocycles. The molecule has 0 saturated carbocycles. The Morgan fingerprint density at radius 2 is 1.80 bits per heavy atom. The molecule has 0 radical (unpaired) electrons. The van der Waals surface area contributed by atoms with Gasteiger partial charge in [-0.3, -0.25) is 19.3 Å². The molecule has 1 aromatic carbocycles. The summed E-state index contributed by atoms with van der Waals surface area (Å²) >= 11 is 0. The standard InChI is InChI=1S/C22H28N6O2/c1-17-19(14-26(2)25-17)12-23-22(29)20-16-30-21(24-20)15-28-10-8-27(9-11-28)13-18-6-4-3-5-7-18/h3-7,14,16H,8-13,15H2,1-2H3,(H,23,29). The maximum atomic E-state index is 12.4. The van der Waals surface area contributed by atoms with Crippen molar-refractivity contribution in [3.63, 3.8) is 0 Å². The van der Waals surface area contributed by atoms with Gasteiger partial charge in [0.2, 0.25) is 5.89 Å². The quantitative estimate of drug-likeness (QED) is 0.644. The van der Waals surface area contributed by atoms with Crippen molar-refractivity contribution in [3.8, 4) is 0 Å². The molecule has 0 spiro atoms. The van der Waals surface area contributed by atoms with Crippen molar-refractivity contribution < 1.29 is 9.21 Å². The zero-order valence-corrected chi connectivity index (χ0v) is 17.5. The van der Waals surface area contributed by atoms with E-state index in [1.54, 1.807) is 4.68 Å². The lowest BCUT2D eigenvalue weighted by atomic mass is 10.2. The number of hydrogen-bond donors (Lipinski definition) is 1. The van der Waals surface area contributed by atoms with E-state index < -0.39 is 0 Å². The monoisotopic (exact) mass is 408 g/mol. The van der Waals surface area contributed by atoms with Crippen LogP contribution in [0.1, 0.15) is 33.2 Å². The average Bonchev–Trinajstić information content (AvgIpc) is 3.34. The van der Waals surface area contributed by atoms with E-state index in [-0.39, 0.29) is 5.91 Å². The van der Waals surface area contributed by atoms with Gasteiger partial charge in [-0.2, -0.15) is 5.10 Å². The van der Waals surface area contributed by atoms with Crippen molar-refractivity contribution in [3.05, 3.63) is 71.2 Å². The van der Waals surface area contributed by atoms with Gasteiger partial charge < -0.3 is 9.73 Å². The number of carbonyl (C=O) groups is 1. The van der Waals surface area contributed by atoms with E-state index in [4.69, 9.17) is 4.42 Å². The van der Waals surface area contributed by atoms with Crippen LogP contribution in [-0.2, 0) is 26.7 Å². The Labute approximate surface area is 176 Å². The Bertz CT molecular complexity index is 973. The summed E-state index contributed by atoms with van der Waals surface area (Å²) in [5.74, 6) is 0.343. The molecular weight excluding hydrogens is 380 g/mol. The van der Waals surface area contributed by atoms with Gasteiger partial charge in [0.15, 0.2) is 5.69 Å². The maximum absolute atomic E-state index is 12.4. The molecule has 2 aromatic heterocycles. The lowest BCUT2D eigenvalue weighted by Crippen LogP contribution is -2.45. The highest BCUT2D eigenvalue weighted by Crippen LogP contribution is 2.12. The molecule has 3 aromatic rings. The number of aromatic nitrogens is 3. The first-order valence-corrected chi connectivity index (χ1v) is 10.3. The van der Waals surface area contributed by atoms with Gasteiger partial charge in [0.1, 0.15) is 6.26 Å². The molecule has 3 heterocycles. The van der Waals surface area contributed by atoms with Crippen molar-refractivity contribution in [1.29, 1.82) is 0 Å². The van der Waals surface area contributed by atoms with Gasteiger partial charge in [0.25, 0.3) is 5.91 Å². The van der Waals surface area contributed by atoms with Gasteiger partial charge in [-0.05, 0) is 12.5 Å². The van der Waals surface area contributed by atoms with Crippen LogP contribution in [0.25, 0.3) is 0 Å². The summed E-state index contributed by atoms with van der Waals surface area (Å²) in [6, 6.07) is 10.6. The van der Waals surface area contributed by atoms with E-state index in [9.17, 15) is 4.79 Å². The lowest BCUT2D eigenvalue weighted by Gasteiger charge is -2.34. The average molecular weight is 409 g/mol. The van der Waals surface area contributed by atoms with E-state index in [0.717, 1.165) is 44.0 Å². The van der Waals surface area contributed by atoms with Crippen molar-refractivity contribution in [1.82, 2.24) is 29.9 Å². The van der Waals surface area contributed by atoms with Crippen molar-refractivity contribution in [2.45, 2.75) is 26.6 Å². The minimum absolute atomic E-state index is 0.235. The number of benzene rings is 1. The van der Waals surface area contributed by atoms with Crippen LogP contribution < -0.4 is 5.32 Å². The van der Waals surface area contributed by atoms with Gasteiger partial charge in [-0.25, -0.2) is 4.98 Å². The molecule has 8 heteroatoms. The van der Waals surface area contributed by atoms with E-state index in [2.05, 4.69) is 49.5 Å². The number of amides is 1. The van der Waals surface area contributed by atoms with Gasteiger partial charge in [-0.15, -0.1) is 0 Å². The fraction of sp³-hybridized carbons (Fsp3) is 0.409. The summed E-state index contributed by atoms with van der Waals surface area (Å²) in [5, 5.41) is 7.16. The van der Waals surface area contributed by atoms with Crippen molar-refractivity contribution in [2.75, 3.05) is 26.2 Å². The van der Waals surface area contributed by atoms with Gasteiger partial charge in [0, 0.05) is 58.1 Å². The second kappa shape index (κ2) is 9.23. The number of piperazine rings is 1. The van der Waals surface area contributed by atoms with Crippen LogP contribution in [0.3, 0.4) is 0 Å². The number of carbonyl (C=O) groups excluding carboxylic acids is 1. The Hall–Kier alpha value is -2.97. The molecule has 1 aliphatic rings. The zero-order valence-electron chi connectivity index (χ0n) is 17.5. The summed E-state index contributed by atoms with van der Waals surface area (Å²) in [7, 11) is 1.86. The number of nitrogens with one attached hydrogen (secondary N) is 1.